The van der Waals surface area contributed by atoms with E-state index in [0.717, 1.165) is 12.8 Å². The minimum absolute atomic E-state index is 0.00804. The van der Waals surface area contributed by atoms with Crippen LogP contribution in [0.1, 0.15) is 19.8 Å². The first-order valence-corrected chi connectivity index (χ1v) is 6.98. The van der Waals surface area contributed by atoms with Crippen molar-refractivity contribution in [1.29, 1.82) is 0 Å². The van der Waals surface area contributed by atoms with Gasteiger partial charge in [0.2, 0.25) is 0 Å². The van der Waals surface area contributed by atoms with E-state index in [1.807, 2.05) is 0 Å². The lowest BCUT2D eigenvalue weighted by Gasteiger charge is -2.18. The Bertz CT molecular complexity index is 203. The molecule has 3 unspecified atom stereocenters. The summed E-state index contributed by atoms with van der Waals surface area (Å²) >= 11 is 0. The van der Waals surface area contributed by atoms with Gasteiger partial charge in [-0.1, -0.05) is 13.3 Å². The molecule has 122 valence electrons. The molecular weight excluding hydrogens is 268 g/mol. The van der Waals surface area contributed by atoms with E-state index in [9.17, 15) is 5.11 Å². The first-order valence-electron chi connectivity index (χ1n) is 6.98. The number of aliphatic hydroxyl groups excluding tert-OH is 4. The monoisotopic (exact) mass is 296 g/mol. The van der Waals surface area contributed by atoms with E-state index in [1.54, 1.807) is 0 Å². The molecular formula is C13H28O7. The lowest BCUT2D eigenvalue weighted by Crippen LogP contribution is -2.31. The van der Waals surface area contributed by atoms with Gasteiger partial charge in [0.15, 0.2) is 0 Å². The summed E-state index contributed by atoms with van der Waals surface area (Å²) in [5.74, 6) is 0. The second kappa shape index (κ2) is 13.7. The van der Waals surface area contributed by atoms with Gasteiger partial charge in [-0.2, -0.15) is 0 Å². The predicted molar refractivity (Wildman–Crippen MR) is 72.5 cm³/mol. The fraction of sp³-hybridized carbons (Fsp3) is 1.00. The summed E-state index contributed by atoms with van der Waals surface area (Å²) in [6.07, 6.45) is -0.266. The quantitative estimate of drug-likeness (QED) is 0.302. The van der Waals surface area contributed by atoms with Crippen molar-refractivity contribution in [1.82, 2.24) is 0 Å². The highest BCUT2D eigenvalue weighted by Crippen LogP contribution is 1.98. The van der Waals surface area contributed by atoms with Crippen LogP contribution in [-0.2, 0) is 14.2 Å². The Morgan fingerprint density at radius 2 is 1.55 bits per heavy atom. The number of hydrogen-bond acceptors (Lipinski definition) is 7. The van der Waals surface area contributed by atoms with E-state index in [2.05, 4.69) is 6.92 Å². The topological polar surface area (TPSA) is 109 Å². The second-order valence-corrected chi connectivity index (χ2v) is 4.59. The van der Waals surface area contributed by atoms with Crippen molar-refractivity contribution in [3.05, 3.63) is 0 Å². The summed E-state index contributed by atoms with van der Waals surface area (Å²) in [5, 5.41) is 36.3. The van der Waals surface area contributed by atoms with Crippen LogP contribution < -0.4 is 0 Å². The molecule has 3 atom stereocenters. The van der Waals surface area contributed by atoms with Gasteiger partial charge in [0.05, 0.1) is 39.6 Å². The summed E-state index contributed by atoms with van der Waals surface area (Å²) in [5.41, 5.74) is 0. The highest BCUT2D eigenvalue weighted by molar-refractivity contribution is 4.59. The van der Waals surface area contributed by atoms with Crippen LogP contribution in [0.25, 0.3) is 0 Å². The summed E-state index contributed by atoms with van der Waals surface area (Å²) in [7, 11) is 0. The third kappa shape index (κ3) is 11.5. The zero-order chi connectivity index (χ0) is 15.2. The number of unbranched alkanes of at least 4 members (excludes halogenated alkanes) is 1. The summed E-state index contributed by atoms with van der Waals surface area (Å²) in [6.45, 7) is 2.37. The van der Waals surface area contributed by atoms with E-state index in [-0.39, 0.29) is 39.6 Å². The molecule has 0 bridgehead atoms. The van der Waals surface area contributed by atoms with Crippen molar-refractivity contribution in [2.45, 2.75) is 38.1 Å². The highest BCUT2D eigenvalue weighted by atomic mass is 16.5. The Labute approximate surface area is 120 Å². The number of rotatable bonds is 14. The lowest BCUT2D eigenvalue weighted by molar-refractivity contribution is -0.0894. The summed E-state index contributed by atoms with van der Waals surface area (Å²) < 4.78 is 15.6. The second-order valence-electron chi connectivity index (χ2n) is 4.59. The molecule has 0 aromatic carbocycles. The maximum Gasteiger partial charge on any atom is 0.104 e. The molecule has 0 saturated carbocycles. The van der Waals surface area contributed by atoms with Gasteiger partial charge >= 0.3 is 0 Å². The molecule has 0 radical (unpaired) electrons. The standard InChI is InChI=1S/C13H28O7/c1-2-3-4-18-10-13(6-15)20-9-12(17)8-19-7-11(16)5-14/h11-17H,2-10H2,1H3. The molecule has 0 heterocycles. The first kappa shape index (κ1) is 19.7. The molecule has 0 aliphatic rings. The molecule has 0 aliphatic heterocycles. The van der Waals surface area contributed by atoms with Crippen LogP contribution >= 0.6 is 0 Å². The van der Waals surface area contributed by atoms with Crippen LogP contribution in [0.3, 0.4) is 0 Å². The number of aliphatic hydroxyl groups is 4. The zero-order valence-electron chi connectivity index (χ0n) is 12.1. The van der Waals surface area contributed by atoms with Crippen LogP contribution in [-0.4, -0.2) is 85.0 Å². The van der Waals surface area contributed by atoms with Gasteiger partial charge in [0, 0.05) is 6.61 Å². The number of ether oxygens (including phenoxy) is 3. The van der Waals surface area contributed by atoms with Crippen molar-refractivity contribution in [3.8, 4) is 0 Å². The van der Waals surface area contributed by atoms with E-state index < -0.39 is 18.3 Å². The molecule has 7 heteroatoms. The molecule has 4 N–H and O–H groups in total. The van der Waals surface area contributed by atoms with Crippen molar-refractivity contribution in [2.75, 3.05) is 46.2 Å². The van der Waals surface area contributed by atoms with Crippen LogP contribution in [0.2, 0.25) is 0 Å². The van der Waals surface area contributed by atoms with Crippen molar-refractivity contribution in [2.24, 2.45) is 0 Å². The average molecular weight is 296 g/mol. The Hall–Kier alpha value is -0.280. The van der Waals surface area contributed by atoms with E-state index in [1.165, 1.54) is 0 Å². The minimum atomic E-state index is -0.944. The largest absolute Gasteiger partial charge is 0.394 e. The first-order chi connectivity index (χ1) is 9.63. The highest BCUT2D eigenvalue weighted by Gasteiger charge is 2.12. The SMILES string of the molecule is CCCCOCC(CO)OCC(O)COCC(O)CO. The van der Waals surface area contributed by atoms with Gasteiger partial charge in [-0.3, -0.25) is 0 Å². The predicted octanol–water partition coefficient (Wildman–Crippen LogP) is -1.09. The Morgan fingerprint density at radius 1 is 0.850 bits per heavy atom. The van der Waals surface area contributed by atoms with Crippen LogP contribution in [0.15, 0.2) is 0 Å². The molecule has 0 rings (SSSR count). The van der Waals surface area contributed by atoms with Crippen molar-refractivity contribution in [3.63, 3.8) is 0 Å². The Morgan fingerprint density at radius 3 is 2.15 bits per heavy atom. The van der Waals surface area contributed by atoms with Crippen LogP contribution in [0, 0.1) is 0 Å². The maximum atomic E-state index is 9.57. The molecule has 0 aliphatic carbocycles. The molecule has 20 heavy (non-hydrogen) atoms. The Kier molecular flexibility index (Phi) is 13.5. The number of hydrogen-bond donors (Lipinski definition) is 4. The fourth-order valence-corrected chi connectivity index (χ4v) is 1.30. The lowest BCUT2D eigenvalue weighted by atomic mass is 10.3. The third-order valence-corrected chi connectivity index (χ3v) is 2.51. The maximum absolute atomic E-state index is 9.57. The van der Waals surface area contributed by atoms with E-state index in [4.69, 9.17) is 29.5 Å². The van der Waals surface area contributed by atoms with Crippen molar-refractivity contribution < 1.29 is 34.6 Å². The van der Waals surface area contributed by atoms with Gasteiger partial charge in [0.1, 0.15) is 18.3 Å². The van der Waals surface area contributed by atoms with Crippen molar-refractivity contribution >= 4 is 0 Å². The third-order valence-electron chi connectivity index (χ3n) is 2.51. The smallest absolute Gasteiger partial charge is 0.104 e. The zero-order valence-corrected chi connectivity index (χ0v) is 12.1. The van der Waals surface area contributed by atoms with Crippen LogP contribution in [0.5, 0.6) is 0 Å². The van der Waals surface area contributed by atoms with Gasteiger partial charge in [-0.25, -0.2) is 0 Å². The molecule has 0 spiro atoms. The molecule has 0 aromatic rings. The van der Waals surface area contributed by atoms with Crippen LogP contribution in [0.4, 0.5) is 0 Å². The fourth-order valence-electron chi connectivity index (χ4n) is 1.30. The van der Waals surface area contributed by atoms with Gasteiger partial charge < -0.3 is 34.6 Å². The molecule has 0 aromatic heterocycles. The van der Waals surface area contributed by atoms with Gasteiger partial charge in [-0.15, -0.1) is 0 Å². The normalized spacial score (nSPS) is 16.1. The molecule has 7 nitrogen and oxygen atoms in total. The Balaban J connectivity index is 3.60. The minimum Gasteiger partial charge on any atom is -0.394 e. The van der Waals surface area contributed by atoms with E-state index in [0.29, 0.717) is 6.61 Å². The molecule has 0 saturated heterocycles. The summed E-state index contributed by atoms with van der Waals surface area (Å²) in [4.78, 5) is 0. The summed E-state index contributed by atoms with van der Waals surface area (Å²) in [6, 6.07) is 0. The van der Waals surface area contributed by atoms with Gasteiger partial charge in [-0.05, 0) is 6.42 Å². The van der Waals surface area contributed by atoms with Gasteiger partial charge in [0.25, 0.3) is 0 Å². The molecule has 0 fully saturated rings. The van der Waals surface area contributed by atoms with E-state index >= 15 is 0 Å². The average Bonchev–Trinajstić information content (AvgIpc) is 2.46. The molecule has 0 amide bonds.